The van der Waals surface area contributed by atoms with Crippen LogP contribution < -0.4 is 5.32 Å². The van der Waals surface area contributed by atoms with Crippen LogP contribution in [-0.2, 0) is 9.53 Å². The smallest absolute Gasteiger partial charge is 0.328 e. The molecule has 1 unspecified atom stereocenters. The normalized spacial score (nSPS) is 12.0. The van der Waals surface area contributed by atoms with Gasteiger partial charge in [0.25, 0.3) is 5.91 Å². The molecule has 0 fully saturated rings. The minimum atomic E-state index is -0.643. The Labute approximate surface area is 106 Å². The van der Waals surface area contributed by atoms with Crippen molar-refractivity contribution in [3.63, 3.8) is 0 Å². The molecule has 0 aliphatic heterocycles. The summed E-state index contributed by atoms with van der Waals surface area (Å²) in [5, 5.41) is 9.83. The Bertz CT molecular complexity index is 406. The van der Waals surface area contributed by atoms with Gasteiger partial charge in [-0.1, -0.05) is 13.8 Å². The van der Waals surface area contributed by atoms with Crippen molar-refractivity contribution < 1.29 is 14.3 Å². The highest BCUT2D eigenvalue weighted by molar-refractivity contribution is 5.96. The Kier molecular flexibility index (Phi) is 5.23. The monoisotopic (exact) mass is 251 g/mol. The summed E-state index contributed by atoms with van der Waals surface area (Å²) in [4.78, 5) is 23.4. The van der Waals surface area contributed by atoms with Gasteiger partial charge in [0.05, 0.1) is 25.1 Å². The zero-order valence-corrected chi connectivity index (χ0v) is 10.7. The first kappa shape index (κ1) is 14.1. The topological polar surface area (TPSA) is 81.2 Å². The van der Waals surface area contributed by atoms with Crippen molar-refractivity contribution >= 4 is 11.9 Å². The van der Waals surface area contributed by atoms with E-state index in [1.807, 2.05) is 13.8 Å². The van der Waals surface area contributed by atoms with Gasteiger partial charge in [-0.25, -0.2) is 4.79 Å². The zero-order valence-electron chi connectivity index (χ0n) is 10.7. The molecule has 0 saturated carbocycles. The lowest BCUT2D eigenvalue weighted by Crippen LogP contribution is -2.42. The van der Waals surface area contributed by atoms with Crippen molar-refractivity contribution in [2.45, 2.75) is 26.3 Å². The fourth-order valence-electron chi connectivity index (χ4n) is 1.49. The summed E-state index contributed by atoms with van der Waals surface area (Å²) in [5.41, 5.74) is 0.364. The molecule has 1 atom stereocenters. The highest BCUT2D eigenvalue weighted by atomic mass is 16.5. The number of methoxy groups -OCH3 is 1. The van der Waals surface area contributed by atoms with E-state index < -0.39 is 12.0 Å². The van der Waals surface area contributed by atoms with Gasteiger partial charge in [-0.2, -0.15) is 10.2 Å². The maximum absolute atomic E-state index is 11.9. The largest absolute Gasteiger partial charge is 0.467 e. The van der Waals surface area contributed by atoms with E-state index in [0.29, 0.717) is 12.0 Å². The van der Waals surface area contributed by atoms with Crippen LogP contribution in [0.4, 0.5) is 0 Å². The van der Waals surface area contributed by atoms with Gasteiger partial charge >= 0.3 is 5.97 Å². The predicted octanol–water partition coefficient (Wildman–Crippen LogP) is 0.794. The standard InChI is InChI=1S/C12H17N3O3/c1-8(2)6-10(12(17)18-3)15-11(16)9-4-5-13-14-7-9/h4-5,7-8,10H,6H2,1-3H3,(H,15,16). The number of carbonyl (C=O) groups is 2. The van der Waals surface area contributed by atoms with Crippen molar-refractivity contribution in [3.05, 3.63) is 24.0 Å². The van der Waals surface area contributed by atoms with E-state index in [1.54, 1.807) is 0 Å². The molecule has 1 rings (SSSR count). The molecule has 0 saturated heterocycles. The molecule has 6 heteroatoms. The van der Waals surface area contributed by atoms with Gasteiger partial charge in [-0.05, 0) is 18.4 Å². The van der Waals surface area contributed by atoms with Crippen molar-refractivity contribution in [1.29, 1.82) is 0 Å². The number of hydrogen-bond acceptors (Lipinski definition) is 5. The molecule has 1 aromatic heterocycles. The number of esters is 1. The molecule has 1 heterocycles. The van der Waals surface area contributed by atoms with Crippen LogP contribution in [0.15, 0.2) is 18.5 Å². The van der Waals surface area contributed by atoms with E-state index in [4.69, 9.17) is 0 Å². The first-order valence-electron chi connectivity index (χ1n) is 5.70. The minimum Gasteiger partial charge on any atom is -0.467 e. The third-order valence-electron chi connectivity index (χ3n) is 2.34. The molecule has 0 spiro atoms. The van der Waals surface area contributed by atoms with Gasteiger partial charge in [-0.3, -0.25) is 4.79 Å². The van der Waals surface area contributed by atoms with Gasteiger partial charge in [0, 0.05) is 0 Å². The van der Waals surface area contributed by atoms with Crippen LogP contribution in [0, 0.1) is 5.92 Å². The van der Waals surface area contributed by atoms with Crippen molar-refractivity contribution in [2.24, 2.45) is 5.92 Å². The van der Waals surface area contributed by atoms with E-state index in [9.17, 15) is 9.59 Å². The molecule has 0 aliphatic carbocycles. The number of nitrogens with zero attached hydrogens (tertiary/aromatic N) is 2. The van der Waals surface area contributed by atoms with E-state index in [-0.39, 0.29) is 11.8 Å². The molecule has 18 heavy (non-hydrogen) atoms. The first-order chi connectivity index (χ1) is 8.54. The summed E-state index contributed by atoms with van der Waals surface area (Å²) in [5.74, 6) is -0.537. The third kappa shape index (κ3) is 4.12. The van der Waals surface area contributed by atoms with Gasteiger partial charge in [0.2, 0.25) is 0 Å². The van der Waals surface area contributed by atoms with Crippen LogP contribution in [0.3, 0.4) is 0 Å². The van der Waals surface area contributed by atoms with Crippen LogP contribution in [-0.4, -0.2) is 35.2 Å². The van der Waals surface area contributed by atoms with Crippen molar-refractivity contribution in [2.75, 3.05) is 7.11 Å². The fraction of sp³-hybridized carbons (Fsp3) is 0.500. The third-order valence-corrected chi connectivity index (χ3v) is 2.34. The fourth-order valence-corrected chi connectivity index (χ4v) is 1.49. The highest BCUT2D eigenvalue weighted by Crippen LogP contribution is 2.07. The maximum Gasteiger partial charge on any atom is 0.328 e. The van der Waals surface area contributed by atoms with Crippen LogP contribution in [0.25, 0.3) is 0 Å². The molecule has 1 aromatic rings. The molecule has 0 bridgehead atoms. The average molecular weight is 251 g/mol. The van der Waals surface area contributed by atoms with Crippen LogP contribution in [0.2, 0.25) is 0 Å². The molecule has 1 amide bonds. The summed E-state index contributed by atoms with van der Waals surface area (Å²) in [6.45, 7) is 3.94. The Balaban J connectivity index is 2.71. The van der Waals surface area contributed by atoms with Gasteiger partial charge in [0.15, 0.2) is 0 Å². The van der Waals surface area contributed by atoms with E-state index in [0.717, 1.165) is 0 Å². The minimum absolute atomic E-state index is 0.268. The van der Waals surface area contributed by atoms with E-state index >= 15 is 0 Å². The van der Waals surface area contributed by atoms with Crippen LogP contribution in [0.5, 0.6) is 0 Å². The second-order valence-corrected chi connectivity index (χ2v) is 4.31. The summed E-state index contributed by atoms with van der Waals surface area (Å²) in [6, 6.07) is 0.891. The summed E-state index contributed by atoms with van der Waals surface area (Å²) in [7, 11) is 1.30. The number of rotatable bonds is 5. The maximum atomic E-state index is 11.9. The lowest BCUT2D eigenvalue weighted by molar-refractivity contribution is -0.143. The Hall–Kier alpha value is -1.98. The van der Waals surface area contributed by atoms with Crippen molar-refractivity contribution in [3.8, 4) is 0 Å². The second kappa shape index (κ2) is 6.68. The summed E-state index contributed by atoms with van der Waals surface area (Å²) >= 11 is 0. The van der Waals surface area contributed by atoms with Crippen LogP contribution in [0.1, 0.15) is 30.6 Å². The van der Waals surface area contributed by atoms with E-state index in [2.05, 4.69) is 20.3 Å². The highest BCUT2D eigenvalue weighted by Gasteiger charge is 2.23. The molecule has 1 N–H and O–H groups in total. The number of nitrogens with one attached hydrogen (secondary N) is 1. The predicted molar refractivity (Wildman–Crippen MR) is 64.8 cm³/mol. The number of ether oxygens (including phenoxy) is 1. The number of hydrogen-bond donors (Lipinski definition) is 1. The molecule has 98 valence electrons. The number of carbonyl (C=O) groups excluding carboxylic acids is 2. The van der Waals surface area contributed by atoms with Gasteiger partial charge in [0.1, 0.15) is 6.04 Å². The Morgan fingerprint density at radius 1 is 1.39 bits per heavy atom. The molecule has 0 radical (unpaired) electrons. The van der Waals surface area contributed by atoms with Crippen molar-refractivity contribution in [1.82, 2.24) is 15.5 Å². The summed E-state index contributed by atoms with van der Waals surface area (Å²) in [6.07, 6.45) is 3.29. The van der Waals surface area contributed by atoms with Crippen LogP contribution >= 0.6 is 0 Å². The lowest BCUT2D eigenvalue weighted by Gasteiger charge is -2.18. The van der Waals surface area contributed by atoms with E-state index in [1.165, 1.54) is 25.6 Å². The lowest BCUT2D eigenvalue weighted by atomic mass is 10.0. The Morgan fingerprint density at radius 2 is 2.11 bits per heavy atom. The first-order valence-corrected chi connectivity index (χ1v) is 5.70. The molecule has 6 nitrogen and oxygen atoms in total. The average Bonchev–Trinajstić information content (AvgIpc) is 2.37. The molecule has 0 aliphatic rings. The number of amides is 1. The van der Waals surface area contributed by atoms with Gasteiger partial charge < -0.3 is 10.1 Å². The second-order valence-electron chi connectivity index (χ2n) is 4.31. The number of aromatic nitrogens is 2. The Morgan fingerprint density at radius 3 is 2.61 bits per heavy atom. The van der Waals surface area contributed by atoms with Gasteiger partial charge in [-0.15, -0.1) is 0 Å². The molecule has 0 aromatic carbocycles. The SMILES string of the molecule is COC(=O)C(CC(C)C)NC(=O)c1ccnnc1. The molecular weight excluding hydrogens is 234 g/mol. The zero-order chi connectivity index (χ0) is 13.5. The quantitative estimate of drug-likeness (QED) is 0.783. The molecular formula is C12H17N3O3. The summed E-state index contributed by atoms with van der Waals surface area (Å²) < 4.78 is 4.67.